The molecule has 0 aliphatic carbocycles. The van der Waals surface area contributed by atoms with E-state index in [9.17, 15) is 20.1 Å². The summed E-state index contributed by atoms with van der Waals surface area (Å²) in [7, 11) is 1.45. The lowest BCUT2D eigenvalue weighted by atomic mass is 10.2. The first-order valence-corrected chi connectivity index (χ1v) is 6.48. The zero-order valence-corrected chi connectivity index (χ0v) is 12.1. The lowest BCUT2D eigenvalue weighted by Gasteiger charge is -2.06. The topological polar surface area (TPSA) is 123 Å². The molecule has 0 spiro atoms. The molecule has 0 saturated carbocycles. The quantitative estimate of drug-likeness (QED) is 0.324. The van der Waals surface area contributed by atoms with Crippen LogP contribution in [0.5, 0.6) is 17.2 Å². The van der Waals surface area contributed by atoms with Crippen LogP contribution in [0.25, 0.3) is 0 Å². The van der Waals surface area contributed by atoms with Crippen molar-refractivity contribution >= 4 is 17.8 Å². The molecular weight excluding hydrogens is 302 g/mol. The minimum atomic E-state index is -0.663. The molecule has 0 saturated heterocycles. The number of phenolic OH excluding ortho intramolecular Hbond substituents is 3. The summed E-state index contributed by atoms with van der Waals surface area (Å²) >= 11 is 0. The molecule has 2 aromatic rings. The van der Waals surface area contributed by atoms with Crippen molar-refractivity contribution in [1.29, 1.82) is 0 Å². The van der Waals surface area contributed by atoms with Crippen molar-refractivity contribution in [2.24, 2.45) is 5.10 Å². The second-order valence-corrected chi connectivity index (χ2v) is 4.48. The summed E-state index contributed by atoms with van der Waals surface area (Å²) < 4.78 is 0. The number of hydrogen-bond donors (Lipinski definition) is 5. The number of hydrazone groups is 1. The van der Waals surface area contributed by atoms with Crippen molar-refractivity contribution in [3.8, 4) is 17.2 Å². The fourth-order valence-corrected chi connectivity index (χ4v) is 1.77. The number of carbonyl (C=O) groups is 1. The molecule has 0 radical (unpaired) electrons. The van der Waals surface area contributed by atoms with Gasteiger partial charge in [0.15, 0.2) is 0 Å². The van der Waals surface area contributed by atoms with Crippen LogP contribution in [0.2, 0.25) is 0 Å². The highest BCUT2D eigenvalue weighted by atomic mass is 16.6. The van der Waals surface area contributed by atoms with E-state index in [0.29, 0.717) is 11.3 Å². The Hall–Kier alpha value is -3.26. The molecule has 0 aliphatic heterocycles. The Morgan fingerprint density at radius 1 is 1.13 bits per heavy atom. The number of anilines is 1. The average Bonchev–Trinajstić information content (AvgIpc) is 2.50. The molecule has 23 heavy (non-hydrogen) atoms. The summed E-state index contributed by atoms with van der Waals surface area (Å²) in [6.45, 7) is 0. The Bertz CT molecular complexity index is 746. The second-order valence-electron chi connectivity index (χ2n) is 4.48. The molecule has 2 rings (SSSR count). The van der Waals surface area contributed by atoms with Crippen LogP contribution in [0.3, 0.4) is 0 Å². The molecule has 5 N–H and O–H groups in total. The number of carbonyl (C=O) groups excluding carboxylic acids is 1. The van der Waals surface area contributed by atoms with Gasteiger partial charge in [0.2, 0.25) is 0 Å². The standard InChI is InChI=1S/C15H15N3O5/c1-23-18-10-2-5-13(20)9(6-10)8-16-17-15(22)12-4-3-11(19)7-14(12)21/h2-8,18-21H,1H3,(H,17,22)/b16-8+. The van der Waals surface area contributed by atoms with E-state index < -0.39 is 5.91 Å². The third-order valence-corrected chi connectivity index (χ3v) is 2.84. The fraction of sp³-hybridized carbons (Fsp3) is 0.0667. The van der Waals surface area contributed by atoms with Crippen LogP contribution in [0, 0.1) is 0 Å². The Morgan fingerprint density at radius 2 is 1.91 bits per heavy atom. The molecule has 0 fully saturated rings. The van der Waals surface area contributed by atoms with Gasteiger partial charge in [-0.25, -0.2) is 5.43 Å². The Morgan fingerprint density at radius 3 is 2.61 bits per heavy atom. The smallest absolute Gasteiger partial charge is 0.275 e. The van der Waals surface area contributed by atoms with E-state index in [0.717, 1.165) is 6.07 Å². The van der Waals surface area contributed by atoms with E-state index >= 15 is 0 Å². The van der Waals surface area contributed by atoms with Gasteiger partial charge in [-0.05, 0) is 30.3 Å². The first-order valence-electron chi connectivity index (χ1n) is 6.48. The van der Waals surface area contributed by atoms with Crippen LogP contribution in [0.4, 0.5) is 5.69 Å². The van der Waals surface area contributed by atoms with Crippen LogP contribution in [0.15, 0.2) is 41.5 Å². The van der Waals surface area contributed by atoms with Crippen molar-refractivity contribution in [2.45, 2.75) is 0 Å². The predicted molar refractivity (Wildman–Crippen MR) is 83.6 cm³/mol. The van der Waals surface area contributed by atoms with Gasteiger partial charge in [0, 0.05) is 11.6 Å². The molecule has 0 unspecified atom stereocenters. The van der Waals surface area contributed by atoms with Gasteiger partial charge in [-0.2, -0.15) is 5.10 Å². The van der Waals surface area contributed by atoms with Crippen molar-refractivity contribution in [1.82, 2.24) is 5.43 Å². The van der Waals surface area contributed by atoms with Gasteiger partial charge in [0.05, 0.1) is 24.6 Å². The van der Waals surface area contributed by atoms with E-state index in [1.807, 2.05) is 0 Å². The minimum Gasteiger partial charge on any atom is -0.508 e. The molecule has 0 heterocycles. The highest BCUT2D eigenvalue weighted by Crippen LogP contribution is 2.22. The first kappa shape index (κ1) is 16.1. The number of nitrogens with zero attached hydrogens (tertiary/aromatic N) is 1. The maximum Gasteiger partial charge on any atom is 0.275 e. The zero-order valence-electron chi connectivity index (χ0n) is 12.1. The molecule has 8 heteroatoms. The van der Waals surface area contributed by atoms with E-state index in [2.05, 4.69) is 16.0 Å². The van der Waals surface area contributed by atoms with Crippen LogP contribution < -0.4 is 10.9 Å². The molecule has 0 atom stereocenters. The maximum absolute atomic E-state index is 11.9. The van der Waals surface area contributed by atoms with Gasteiger partial charge >= 0.3 is 0 Å². The van der Waals surface area contributed by atoms with Gasteiger partial charge in [0.1, 0.15) is 17.2 Å². The Balaban J connectivity index is 2.09. The summed E-state index contributed by atoms with van der Waals surface area (Å²) in [5.41, 5.74) is 5.71. The summed E-state index contributed by atoms with van der Waals surface area (Å²) in [4.78, 5) is 16.6. The fourth-order valence-electron chi connectivity index (χ4n) is 1.77. The number of rotatable bonds is 5. The lowest BCUT2D eigenvalue weighted by Crippen LogP contribution is -2.17. The number of nitrogens with one attached hydrogen (secondary N) is 2. The number of aromatic hydroxyl groups is 3. The van der Waals surface area contributed by atoms with E-state index in [4.69, 9.17) is 4.84 Å². The molecule has 8 nitrogen and oxygen atoms in total. The van der Waals surface area contributed by atoms with Gasteiger partial charge in [-0.1, -0.05) is 0 Å². The zero-order chi connectivity index (χ0) is 16.8. The molecule has 0 aromatic heterocycles. The number of benzene rings is 2. The van der Waals surface area contributed by atoms with Crippen molar-refractivity contribution in [3.63, 3.8) is 0 Å². The predicted octanol–water partition coefficient (Wildman–Crippen LogP) is 1.54. The summed E-state index contributed by atoms with van der Waals surface area (Å²) in [5, 5.41) is 32.2. The van der Waals surface area contributed by atoms with E-state index in [1.165, 1.54) is 31.5 Å². The number of phenols is 3. The normalized spacial score (nSPS) is 10.7. The summed E-state index contributed by atoms with van der Waals surface area (Å²) in [6, 6.07) is 8.18. The van der Waals surface area contributed by atoms with Crippen LogP contribution in [-0.2, 0) is 4.84 Å². The number of hydrogen-bond acceptors (Lipinski definition) is 7. The third-order valence-electron chi connectivity index (χ3n) is 2.84. The maximum atomic E-state index is 11.9. The Kier molecular flexibility index (Phi) is 5.00. The monoisotopic (exact) mass is 317 g/mol. The molecule has 2 aromatic carbocycles. The van der Waals surface area contributed by atoms with Crippen LogP contribution in [0.1, 0.15) is 15.9 Å². The number of amides is 1. The molecule has 0 aliphatic rings. The minimum absolute atomic E-state index is 0.0304. The Labute approximate surface area is 131 Å². The van der Waals surface area contributed by atoms with E-state index in [1.54, 1.807) is 12.1 Å². The third kappa shape index (κ3) is 4.11. The SMILES string of the molecule is CONc1ccc(O)c(/C=N/NC(=O)c2ccc(O)cc2O)c1. The van der Waals surface area contributed by atoms with Crippen molar-refractivity contribution in [2.75, 3.05) is 12.6 Å². The molecule has 1 amide bonds. The van der Waals surface area contributed by atoms with Gasteiger partial charge in [0.25, 0.3) is 5.91 Å². The highest BCUT2D eigenvalue weighted by molar-refractivity contribution is 5.97. The summed E-state index contributed by atoms with van der Waals surface area (Å²) in [6.07, 6.45) is 1.24. The average molecular weight is 317 g/mol. The van der Waals surface area contributed by atoms with Crippen molar-refractivity contribution < 1.29 is 25.0 Å². The van der Waals surface area contributed by atoms with Crippen LogP contribution in [-0.4, -0.2) is 34.6 Å². The first-order chi connectivity index (χ1) is 11.0. The molecular formula is C15H15N3O5. The lowest BCUT2D eigenvalue weighted by molar-refractivity contribution is 0.0952. The van der Waals surface area contributed by atoms with Gasteiger partial charge in [-0.15, -0.1) is 0 Å². The molecule has 120 valence electrons. The van der Waals surface area contributed by atoms with E-state index in [-0.39, 0.29) is 22.8 Å². The largest absolute Gasteiger partial charge is 0.508 e. The second kappa shape index (κ2) is 7.14. The summed E-state index contributed by atoms with van der Waals surface area (Å²) in [5.74, 6) is -1.22. The van der Waals surface area contributed by atoms with Gasteiger partial charge in [-0.3, -0.25) is 15.1 Å². The highest BCUT2D eigenvalue weighted by Gasteiger charge is 2.10. The molecule has 0 bridgehead atoms. The van der Waals surface area contributed by atoms with Crippen LogP contribution >= 0.6 is 0 Å². The van der Waals surface area contributed by atoms with Gasteiger partial charge < -0.3 is 15.3 Å². The van der Waals surface area contributed by atoms with Crippen molar-refractivity contribution in [3.05, 3.63) is 47.5 Å².